The molecule has 7 rings (SSSR count). The van der Waals surface area contributed by atoms with Crippen LogP contribution in [0.4, 0.5) is 0 Å². The van der Waals surface area contributed by atoms with E-state index >= 15 is 0 Å². The number of halogens is 1. The summed E-state index contributed by atoms with van der Waals surface area (Å²) >= 11 is 6.75. The van der Waals surface area contributed by atoms with Gasteiger partial charge < -0.3 is 19.5 Å². The Morgan fingerprint density at radius 2 is 1.89 bits per heavy atom. The third kappa shape index (κ3) is 7.81. The predicted molar refractivity (Wildman–Crippen MR) is 199 cm³/mol. The van der Waals surface area contributed by atoms with Crippen molar-refractivity contribution in [2.45, 2.75) is 88.0 Å². The molecule has 2 N–H and O–H groups in total. The molecule has 4 heterocycles. The molecule has 2 aromatic heterocycles. The number of hydrogen-bond donors (Lipinski definition) is 2. The Labute approximate surface area is 318 Å². The number of sulfonamides is 1. The average molecular weight is 779 g/mol. The van der Waals surface area contributed by atoms with Crippen molar-refractivity contribution in [2.24, 2.45) is 17.3 Å². The number of carboxylic acid groups (broad SMARTS) is 1. The van der Waals surface area contributed by atoms with Gasteiger partial charge in [-0.15, -0.1) is 0 Å². The number of aliphatic carboxylic acids is 1. The highest BCUT2D eigenvalue weighted by Gasteiger charge is 2.61. The molecule has 3 fully saturated rings. The maximum absolute atomic E-state index is 14.5. The van der Waals surface area contributed by atoms with Crippen LogP contribution < -0.4 is 14.2 Å². The smallest absolute Gasteiger partial charge is 0.304 e. The van der Waals surface area contributed by atoms with Gasteiger partial charge in [-0.05, 0) is 68.7 Å². The first-order valence-electron chi connectivity index (χ1n) is 18.4. The van der Waals surface area contributed by atoms with Crippen LogP contribution in [0.25, 0.3) is 22.3 Å². The first kappa shape index (κ1) is 37.7. The molecule has 0 bridgehead atoms. The lowest BCUT2D eigenvalue weighted by Crippen LogP contribution is -2.46. The molecule has 1 saturated heterocycles. The molecule has 2 amide bonds. The Morgan fingerprint density at radius 3 is 2.61 bits per heavy atom. The maximum atomic E-state index is 14.5. The number of carboxylic acids is 1. The van der Waals surface area contributed by atoms with Gasteiger partial charge in [-0.2, -0.15) is 0 Å². The monoisotopic (exact) mass is 778 g/mol. The van der Waals surface area contributed by atoms with Crippen molar-refractivity contribution >= 4 is 56.1 Å². The third-order valence-corrected chi connectivity index (χ3v) is 13.2. The second kappa shape index (κ2) is 15.3. The number of ether oxygens (including phenoxy) is 2. The summed E-state index contributed by atoms with van der Waals surface area (Å²) in [7, 11) is -2.37. The Balaban J connectivity index is 1.24. The summed E-state index contributed by atoms with van der Waals surface area (Å²) in [5.41, 5.74) is 0.150. The van der Waals surface area contributed by atoms with E-state index in [0.717, 1.165) is 12.8 Å². The second-order valence-electron chi connectivity index (χ2n) is 14.8. The molecule has 15 heteroatoms. The zero-order chi connectivity index (χ0) is 38.2. The molecule has 5 atom stereocenters. The molecule has 2 aliphatic heterocycles. The number of amides is 2. The zero-order valence-corrected chi connectivity index (χ0v) is 31.5. The van der Waals surface area contributed by atoms with Gasteiger partial charge in [0.1, 0.15) is 22.6 Å². The number of carbonyl (C=O) groups is 4. The lowest BCUT2D eigenvalue weighted by molar-refractivity contribution is -0.147. The second-order valence-corrected chi connectivity index (χ2v) is 17.2. The molecule has 3 aromatic rings. The lowest BCUT2D eigenvalue weighted by Gasteiger charge is -2.28. The van der Waals surface area contributed by atoms with Crippen molar-refractivity contribution in [3.63, 3.8) is 0 Å². The van der Waals surface area contributed by atoms with E-state index in [2.05, 4.69) is 9.71 Å². The number of nitrogens with one attached hydrogen (secondary N) is 1. The number of pyridine rings is 2. The highest BCUT2D eigenvalue weighted by atomic mass is 35.5. The normalized spacial score (nSPS) is 26.9. The molecule has 1 aromatic carbocycles. The first-order chi connectivity index (χ1) is 25.9. The van der Waals surface area contributed by atoms with E-state index in [1.54, 1.807) is 36.5 Å². The number of methoxy groups -OCH3 is 1. The summed E-state index contributed by atoms with van der Waals surface area (Å²) in [6, 6.07) is 9.53. The van der Waals surface area contributed by atoms with Gasteiger partial charge in [0.2, 0.25) is 21.8 Å². The van der Waals surface area contributed by atoms with Crippen LogP contribution in [0.3, 0.4) is 0 Å². The van der Waals surface area contributed by atoms with E-state index in [0.29, 0.717) is 72.3 Å². The number of carbonyl (C=O) groups excluding carboxylic acids is 3. The first-order valence-corrected chi connectivity index (χ1v) is 20.4. The fourth-order valence-corrected chi connectivity index (χ4v) is 9.49. The van der Waals surface area contributed by atoms with E-state index in [1.165, 1.54) is 12.0 Å². The number of fused-ring (bicyclic) bond motifs is 3. The highest BCUT2D eigenvalue weighted by Crippen LogP contribution is 2.57. The average Bonchev–Trinajstić information content (AvgIpc) is 4.07. The number of nitrogens with zero attached hydrogens (tertiary/aromatic N) is 3. The van der Waals surface area contributed by atoms with Gasteiger partial charge in [0.05, 0.1) is 53.7 Å². The molecule has 0 spiro atoms. The van der Waals surface area contributed by atoms with Gasteiger partial charge in [0.15, 0.2) is 5.78 Å². The molecule has 13 nitrogen and oxygen atoms in total. The van der Waals surface area contributed by atoms with Gasteiger partial charge in [-0.1, -0.05) is 42.7 Å². The summed E-state index contributed by atoms with van der Waals surface area (Å²) in [5, 5.41) is 9.99. The summed E-state index contributed by atoms with van der Waals surface area (Å²) < 4.78 is 40.0. The van der Waals surface area contributed by atoms with Gasteiger partial charge in [0.25, 0.3) is 0 Å². The minimum Gasteiger partial charge on any atom is -0.495 e. The Morgan fingerprint density at radius 1 is 1.07 bits per heavy atom. The SMILES string of the molecule is COc1ccc2c(O[C@@H]3C[C@H]4C(=O)C[C@]5(C(=O)NS(=O)(=O)C6CC6)C[C@H]5/C=C\CCCCC[C@H](CC(=O)O)C(=O)N4C3)cc(-c3ccccn3)nc2c1Cl. The quantitative estimate of drug-likeness (QED) is 0.262. The van der Waals surface area contributed by atoms with Gasteiger partial charge in [0, 0.05) is 36.4 Å². The topological polar surface area (TPSA) is 182 Å². The number of Topliss-reactive ketones (excluding diaryl/α,β-unsaturated/α-hetero) is 1. The van der Waals surface area contributed by atoms with Crippen LogP contribution in [-0.2, 0) is 29.2 Å². The van der Waals surface area contributed by atoms with Gasteiger partial charge >= 0.3 is 5.97 Å². The van der Waals surface area contributed by atoms with Crippen molar-refractivity contribution in [3.8, 4) is 22.9 Å². The molecule has 2 aliphatic carbocycles. The molecule has 286 valence electrons. The summed E-state index contributed by atoms with van der Waals surface area (Å²) in [5.74, 6) is -3.10. The summed E-state index contributed by atoms with van der Waals surface area (Å²) in [6.45, 7) is -0.0173. The molecule has 0 unspecified atom stereocenters. The zero-order valence-electron chi connectivity index (χ0n) is 29.9. The third-order valence-electron chi connectivity index (χ3n) is 11.0. The van der Waals surface area contributed by atoms with Crippen LogP contribution in [0.1, 0.15) is 70.6 Å². The van der Waals surface area contributed by atoms with E-state index < -0.39 is 68.7 Å². The highest BCUT2D eigenvalue weighted by molar-refractivity contribution is 7.90. The van der Waals surface area contributed by atoms with E-state index in [9.17, 15) is 32.7 Å². The number of hydrogen-bond acceptors (Lipinski definition) is 10. The number of benzene rings is 1. The van der Waals surface area contributed by atoms with Crippen molar-refractivity contribution in [3.05, 3.63) is 59.8 Å². The van der Waals surface area contributed by atoms with Crippen LogP contribution in [0.2, 0.25) is 5.02 Å². The van der Waals surface area contributed by atoms with Crippen LogP contribution in [0, 0.1) is 17.3 Å². The van der Waals surface area contributed by atoms with E-state index in [4.69, 9.17) is 26.1 Å². The minimum absolute atomic E-state index is 0.0173. The Bertz CT molecular complexity index is 2110. The minimum atomic E-state index is -3.87. The number of allylic oxidation sites excluding steroid dienone is 2. The Kier molecular flexibility index (Phi) is 10.7. The van der Waals surface area contributed by atoms with Crippen LogP contribution in [0.15, 0.2) is 54.7 Å². The molecular formula is C39H43ClN4O9S. The summed E-state index contributed by atoms with van der Waals surface area (Å²) in [6.07, 6.45) is 8.67. The van der Waals surface area contributed by atoms with Gasteiger partial charge in [-0.3, -0.25) is 28.9 Å². The molecule has 54 heavy (non-hydrogen) atoms. The van der Waals surface area contributed by atoms with E-state index in [-0.39, 0.29) is 30.3 Å². The van der Waals surface area contributed by atoms with E-state index in [1.807, 2.05) is 18.2 Å². The van der Waals surface area contributed by atoms with Gasteiger partial charge in [-0.25, -0.2) is 13.4 Å². The fraction of sp³-hybridized carbons (Fsp3) is 0.487. The predicted octanol–water partition coefficient (Wildman–Crippen LogP) is 5.49. The molecule has 4 aliphatic rings. The number of aromatic nitrogens is 2. The van der Waals surface area contributed by atoms with Crippen molar-refractivity contribution < 1.29 is 42.2 Å². The van der Waals surface area contributed by atoms with Crippen molar-refractivity contribution in [1.82, 2.24) is 19.6 Å². The molecular weight excluding hydrogens is 736 g/mol. The van der Waals surface area contributed by atoms with Crippen LogP contribution >= 0.6 is 11.6 Å². The maximum Gasteiger partial charge on any atom is 0.304 e. The number of ketones is 1. The fourth-order valence-electron chi connectivity index (χ4n) is 7.82. The van der Waals surface area contributed by atoms with Crippen molar-refractivity contribution in [2.75, 3.05) is 13.7 Å². The van der Waals surface area contributed by atoms with Crippen molar-refractivity contribution in [1.29, 1.82) is 0 Å². The standard InChI is InChI=1S/C39H43ClN4O9S/c1-52-32-15-14-27-33(19-29(42-36(27)35(32)40)28-11-7-8-16-41-28)53-25-18-30-31(45)21-39(38(49)43-54(50,51)26-12-13-26)20-24(39)10-6-4-2-3-5-9-23(17-34(46)47)37(48)44(30)22-25/h6-8,10-11,14-16,19,23-26,30H,2-5,9,12-13,17-18,20-22H2,1H3,(H,43,49)(H,46,47)/b10-6-/t23-,24-,25-,30+,39-/m1/s1. The number of rotatable bonds is 9. The lowest BCUT2D eigenvalue weighted by atomic mass is 9.90. The Hall–Kier alpha value is -4.56. The van der Waals surface area contributed by atoms with Crippen LogP contribution in [0.5, 0.6) is 11.5 Å². The molecule has 0 radical (unpaired) electrons. The van der Waals surface area contributed by atoms with Crippen LogP contribution in [-0.4, -0.2) is 83.0 Å². The largest absolute Gasteiger partial charge is 0.495 e. The molecule has 2 saturated carbocycles. The summed E-state index contributed by atoms with van der Waals surface area (Å²) in [4.78, 5) is 65.1.